The van der Waals surface area contributed by atoms with Crippen molar-refractivity contribution in [3.8, 4) is 5.75 Å². The Bertz CT molecular complexity index is 381. The van der Waals surface area contributed by atoms with E-state index in [2.05, 4.69) is 0 Å². The summed E-state index contributed by atoms with van der Waals surface area (Å²) >= 11 is 1.62. The molecule has 1 atom stereocenters. The lowest BCUT2D eigenvalue weighted by Gasteiger charge is -2.11. The summed E-state index contributed by atoms with van der Waals surface area (Å²) in [6.45, 7) is 0.480. The van der Waals surface area contributed by atoms with Crippen LogP contribution in [0.5, 0.6) is 5.75 Å². The van der Waals surface area contributed by atoms with Crippen LogP contribution in [0.4, 0.5) is 0 Å². The highest BCUT2D eigenvalue weighted by molar-refractivity contribution is 7.98. The topological polar surface area (TPSA) is 66.8 Å². The molecule has 0 aromatic heterocycles. The van der Waals surface area contributed by atoms with Crippen LogP contribution in [0.25, 0.3) is 0 Å². The molecule has 0 aliphatic rings. The number of aliphatic hydroxyl groups excluding tert-OH is 1. The lowest BCUT2D eigenvalue weighted by atomic mass is 10.1. The number of thioether (sulfide) groups is 1. The molecule has 2 N–H and O–H groups in total. The summed E-state index contributed by atoms with van der Waals surface area (Å²) in [4.78, 5) is 11.4. The Morgan fingerprint density at radius 2 is 2.17 bits per heavy atom. The maximum Gasteiger partial charge on any atom is 0.305 e. The van der Waals surface area contributed by atoms with Crippen LogP contribution in [0.15, 0.2) is 29.2 Å². The van der Waals surface area contributed by atoms with E-state index in [1.54, 1.807) is 11.8 Å². The van der Waals surface area contributed by atoms with Gasteiger partial charge in [0, 0.05) is 4.90 Å². The predicted octanol–water partition coefficient (Wildman–Crippen LogP) is 2.40. The van der Waals surface area contributed by atoms with Crippen molar-refractivity contribution in [2.24, 2.45) is 0 Å². The zero-order valence-electron chi connectivity index (χ0n) is 10.3. The number of carboxylic acids is 1. The Morgan fingerprint density at radius 3 is 2.83 bits per heavy atom. The third-order valence-corrected chi connectivity index (χ3v) is 3.20. The third-order valence-electron chi connectivity index (χ3n) is 2.42. The largest absolute Gasteiger partial charge is 0.492 e. The van der Waals surface area contributed by atoms with Crippen LogP contribution in [0.3, 0.4) is 0 Å². The minimum atomic E-state index is -0.976. The maximum absolute atomic E-state index is 10.4. The van der Waals surface area contributed by atoms with Gasteiger partial charge >= 0.3 is 5.97 Å². The van der Waals surface area contributed by atoms with E-state index in [-0.39, 0.29) is 6.42 Å². The van der Waals surface area contributed by atoms with Crippen molar-refractivity contribution >= 4 is 17.7 Å². The second-order valence-corrected chi connectivity index (χ2v) is 4.74. The van der Waals surface area contributed by atoms with E-state index in [1.165, 1.54) is 0 Å². The summed E-state index contributed by atoms with van der Waals surface area (Å²) in [5, 5.41) is 17.9. The summed E-state index contributed by atoms with van der Waals surface area (Å²) in [5.41, 5.74) is 0. The molecule has 0 heterocycles. The summed E-state index contributed by atoms with van der Waals surface area (Å²) in [7, 11) is 0. The van der Waals surface area contributed by atoms with Crippen LogP contribution >= 0.6 is 11.8 Å². The molecular weight excluding hydrogens is 252 g/mol. The van der Waals surface area contributed by atoms with Crippen molar-refractivity contribution in [3.63, 3.8) is 0 Å². The number of para-hydroxylation sites is 1. The molecule has 1 rings (SSSR count). The molecule has 0 bridgehead atoms. The molecule has 0 saturated carbocycles. The molecule has 4 nitrogen and oxygen atoms in total. The average Bonchev–Trinajstić information content (AvgIpc) is 2.34. The van der Waals surface area contributed by atoms with E-state index in [0.29, 0.717) is 19.4 Å². The number of aliphatic hydroxyl groups is 1. The van der Waals surface area contributed by atoms with Gasteiger partial charge in [-0.25, -0.2) is 0 Å². The van der Waals surface area contributed by atoms with Gasteiger partial charge in [0.05, 0.1) is 19.1 Å². The van der Waals surface area contributed by atoms with Crippen LogP contribution in [0.1, 0.15) is 19.3 Å². The molecule has 1 aromatic rings. The van der Waals surface area contributed by atoms with Crippen molar-refractivity contribution in [3.05, 3.63) is 24.3 Å². The molecule has 0 amide bonds. The van der Waals surface area contributed by atoms with Gasteiger partial charge in [-0.05, 0) is 31.2 Å². The standard InChI is InChI=1S/C13H18O4S/c1-18-12-7-3-2-6-11(12)17-8-4-5-10(14)9-13(15)16/h2-3,6-7,10,14H,4-5,8-9H2,1H3,(H,15,16). The van der Waals surface area contributed by atoms with Crippen LogP contribution in [-0.4, -0.2) is 35.1 Å². The Hall–Kier alpha value is -1.20. The van der Waals surface area contributed by atoms with Gasteiger partial charge in [-0.3, -0.25) is 4.79 Å². The highest BCUT2D eigenvalue weighted by Gasteiger charge is 2.09. The minimum Gasteiger partial charge on any atom is -0.492 e. The van der Waals surface area contributed by atoms with Gasteiger partial charge in [0.15, 0.2) is 0 Å². The summed E-state index contributed by atoms with van der Waals surface area (Å²) in [6, 6.07) is 7.75. The zero-order valence-corrected chi connectivity index (χ0v) is 11.2. The molecule has 1 aromatic carbocycles. The van der Waals surface area contributed by atoms with Gasteiger partial charge < -0.3 is 14.9 Å². The molecule has 0 aliphatic heterocycles. The first-order valence-corrected chi connectivity index (χ1v) is 7.01. The lowest BCUT2D eigenvalue weighted by molar-refractivity contribution is -0.139. The van der Waals surface area contributed by atoms with Gasteiger partial charge in [0.2, 0.25) is 0 Å². The van der Waals surface area contributed by atoms with Crippen molar-refractivity contribution in [2.45, 2.75) is 30.3 Å². The first-order valence-electron chi connectivity index (χ1n) is 5.79. The van der Waals surface area contributed by atoms with E-state index in [1.807, 2.05) is 30.5 Å². The van der Waals surface area contributed by atoms with Gasteiger partial charge in [0.25, 0.3) is 0 Å². The fourth-order valence-corrected chi connectivity index (χ4v) is 2.09. The summed E-state index contributed by atoms with van der Waals surface area (Å²) in [5.74, 6) is -0.145. The van der Waals surface area contributed by atoms with E-state index in [4.69, 9.17) is 9.84 Å². The highest BCUT2D eigenvalue weighted by atomic mass is 32.2. The quantitative estimate of drug-likeness (QED) is 0.561. The molecule has 0 spiro atoms. The van der Waals surface area contributed by atoms with Crippen molar-refractivity contribution in [2.75, 3.05) is 12.9 Å². The van der Waals surface area contributed by atoms with Crippen molar-refractivity contribution in [1.82, 2.24) is 0 Å². The smallest absolute Gasteiger partial charge is 0.305 e. The number of hydrogen-bond acceptors (Lipinski definition) is 4. The van der Waals surface area contributed by atoms with Crippen LogP contribution in [-0.2, 0) is 4.79 Å². The second-order valence-electron chi connectivity index (χ2n) is 3.89. The highest BCUT2D eigenvalue weighted by Crippen LogP contribution is 2.26. The van der Waals surface area contributed by atoms with Gasteiger partial charge in [-0.1, -0.05) is 12.1 Å². The zero-order chi connectivity index (χ0) is 13.4. The summed E-state index contributed by atoms with van der Waals surface area (Å²) in [6.07, 6.45) is 2.06. The molecule has 5 heteroatoms. The minimum absolute atomic E-state index is 0.207. The van der Waals surface area contributed by atoms with E-state index in [0.717, 1.165) is 10.6 Å². The molecule has 1 unspecified atom stereocenters. The van der Waals surface area contributed by atoms with Crippen LogP contribution < -0.4 is 4.74 Å². The lowest BCUT2D eigenvalue weighted by Crippen LogP contribution is -2.14. The number of rotatable bonds is 8. The second kappa shape index (κ2) is 8.00. The number of ether oxygens (including phenoxy) is 1. The number of carboxylic acid groups (broad SMARTS) is 1. The molecule has 100 valence electrons. The maximum atomic E-state index is 10.4. The Labute approximate surface area is 111 Å². The number of aliphatic carboxylic acids is 1. The van der Waals surface area contributed by atoms with E-state index in [9.17, 15) is 9.90 Å². The molecule has 18 heavy (non-hydrogen) atoms. The Kier molecular flexibility index (Phi) is 6.60. The van der Waals surface area contributed by atoms with Crippen molar-refractivity contribution in [1.29, 1.82) is 0 Å². The van der Waals surface area contributed by atoms with Gasteiger partial charge in [-0.2, -0.15) is 0 Å². The molecule has 0 radical (unpaired) electrons. The fraction of sp³-hybridized carbons (Fsp3) is 0.462. The van der Waals surface area contributed by atoms with Crippen LogP contribution in [0, 0.1) is 0 Å². The number of carbonyl (C=O) groups is 1. The van der Waals surface area contributed by atoms with Crippen LogP contribution in [0.2, 0.25) is 0 Å². The molecule has 0 saturated heterocycles. The average molecular weight is 270 g/mol. The summed E-state index contributed by atoms with van der Waals surface area (Å²) < 4.78 is 5.60. The van der Waals surface area contributed by atoms with E-state index >= 15 is 0 Å². The Morgan fingerprint density at radius 1 is 1.44 bits per heavy atom. The normalized spacial score (nSPS) is 12.1. The van der Waals surface area contributed by atoms with Gasteiger partial charge in [0.1, 0.15) is 5.75 Å². The molecule has 0 aliphatic carbocycles. The third kappa shape index (κ3) is 5.42. The first-order chi connectivity index (χ1) is 8.63. The number of benzene rings is 1. The van der Waals surface area contributed by atoms with Gasteiger partial charge in [-0.15, -0.1) is 11.8 Å². The molecule has 0 fully saturated rings. The first kappa shape index (κ1) is 14.9. The Balaban J connectivity index is 2.27. The van der Waals surface area contributed by atoms with Crippen molar-refractivity contribution < 1.29 is 19.7 Å². The number of hydrogen-bond donors (Lipinski definition) is 2. The predicted molar refractivity (Wildman–Crippen MR) is 71.2 cm³/mol. The molecular formula is C13H18O4S. The SMILES string of the molecule is CSc1ccccc1OCCCC(O)CC(=O)O. The monoisotopic (exact) mass is 270 g/mol. The van der Waals surface area contributed by atoms with E-state index < -0.39 is 12.1 Å². The fourth-order valence-electron chi connectivity index (χ4n) is 1.54.